The molecule has 0 spiro atoms. The van der Waals surface area contributed by atoms with Gasteiger partial charge < -0.3 is 20.1 Å². The van der Waals surface area contributed by atoms with Gasteiger partial charge in [-0.1, -0.05) is 12.8 Å². The monoisotopic (exact) mass is 290 g/mol. The molecule has 0 saturated heterocycles. The summed E-state index contributed by atoms with van der Waals surface area (Å²) in [5, 5.41) is 11.2. The number of carboxylic acids is 1. The van der Waals surface area contributed by atoms with Crippen LogP contribution in [0, 0.1) is 12.3 Å². The van der Waals surface area contributed by atoms with Crippen LogP contribution in [0.4, 0.5) is 10.5 Å². The summed E-state index contributed by atoms with van der Waals surface area (Å²) in [5.74, 6) is 1.82. The van der Waals surface area contributed by atoms with Crippen molar-refractivity contribution in [1.82, 2.24) is 4.90 Å². The second-order valence-electron chi connectivity index (χ2n) is 4.26. The van der Waals surface area contributed by atoms with E-state index < -0.39 is 12.6 Å². The first kappa shape index (κ1) is 16.4. The van der Waals surface area contributed by atoms with Crippen LogP contribution in [0.1, 0.15) is 13.3 Å². The molecule has 0 atom stereocenters. The molecule has 6 nitrogen and oxygen atoms in total. The molecule has 0 aliphatic rings. The van der Waals surface area contributed by atoms with Gasteiger partial charge in [-0.2, -0.15) is 0 Å². The largest absolute Gasteiger partial charge is 0.482 e. The van der Waals surface area contributed by atoms with Gasteiger partial charge >= 0.3 is 12.0 Å². The van der Waals surface area contributed by atoms with Gasteiger partial charge in [0, 0.05) is 12.2 Å². The summed E-state index contributed by atoms with van der Waals surface area (Å²) in [4.78, 5) is 23.9. The fraction of sp³-hybridized carbons (Fsp3) is 0.333. The van der Waals surface area contributed by atoms with E-state index in [1.807, 2.05) is 6.92 Å². The number of aliphatic carboxylic acids is 1. The molecule has 21 heavy (non-hydrogen) atoms. The van der Waals surface area contributed by atoms with E-state index in [0.717, 1.165) is 6.42 Å². The van der Waals surface area contributed by atoms with Crippen LogP contribution in [-0.2, 0) is 4.79 Å². The van der Waals surface area contributed by atoms with Gasteiger partial charge in [0.05, 0.1) is 6.54 Å². The van der Waals surface area contributed by atoms with Crippen LogP contribution in [0.3, 0.4) is 0 Å². The number of hydrogen-bond donors (Lipinski definition) is 2. The number of benzene rings is 1. The molecule has 0 bridgehead atoms. The smallest absolute Gasteiger partial charge is 0.341 e. The number of nitrogens with zero attached hydrogens (tertiary/aromatic N) is 1. The maximum Gasteiger partial charge on any atom is 0.341 e. The van der Waals surface area contributed by atoms with E-state index in [2.05, 4.69) is 11.2 Å². The van der Waals surface area contributed by atoms with Gasteiger partial charge in [-0.05, 0) is 30.7 Å². The van der Waals surface area contributed by atoms with Crippen LogP contribution in [0.5, 0.6) is 5.75 Å². The number of hydrogen-bond acceptors (Lipinski definition) is 3. The van der Waals surface area contributed by atoms with E-state index in [4.69, 9.17) is 16.3 Å². The fourth-order valence-corrected chi connectivity index (χ4v) is 1.61. The van der Waals surface area contributed by atoms with Crippen molar-refractivity contribution in [3.05, 3.63) is 24.3 Å². The number of nitrogens with one attached hydrogen (secondary N) is 1. The lowest BCUT2D eigenvalue weighted by molar-refractivity contribution is -0.139. The highest BCUT2D eigenvalue weighted by Crippen LogP contribution is 2.16. The van der Waals surface area contributed by atoms with Crippen LogP contribution in [0.15, 0.2) is 24.3 Å². The fourth-order valence-electron chi connectivity index (χ4n) is 1.61. The minimum absolute atomic E-state index is 0.249. The minimum atomic E-state index is -1.04. The standard InChI is InChI=1S/C15H18N2O4/c1-3-9-17(10-4-2)15(20)16-12-5-7-13(8-6-12)21-11-14(18)19/h1,5-8H,4,9-11H2,2H3,(H,16,20)(H,18,19). The molecule has 0 aromatic heterocycles. The van der Waals surface area contributed by atoms with Crippen molar-refractivity contribution >= 4 is 17.7 Å². The van der Waals surface area contributed by atoms with E-state index >= 15 is 0 Å². The summed E-state index contributed by atoms with van der Waals surface area (Å²) in [6.45, 7) is 2.39. The summed E-state index contributed by atoms with van der Waals surface area (Å²) in [7, 11) is 0. The summed E-state index contributed by atoms with van der Waals surface area (Å²) in [5.41, 5.74) is 0.584. The van der Waals surface area contributed by atoms with Gasteiger partial charge in [-0.15, -0.1) is 6.42 Å². The quantitative estimate of drug-likeness (QED) is 0.753. The number of terminal acetylenes is 1. The topological polar surface area (TPSA) is 78.9 Å². The van der Waals surface area contributed by atoms with Crippen LogP contribution < -0.4 is 10.1 Å². The molecule has 0 aliphatic heterocycles. The number of anilines is 1. The molecule has 0 unspecified atom stereocenters. The van der Waals surface area contributed by atoms with Crippen LogP contribution >= 0.6 is 0 Å². The third-order valence-electron chi connectivity index (χ3n) is 2.53. The molecular formula is C15H18N2O4. The molecular weight excluding hydrogens is 272 g/mol. The van der Waals surface area contributed by atoms with Crippen molar-refractivity contribution in [1.29, 1.82) is 0 Å². The zero-order valence-electron chi connectivity index (χ0n) is 11.8. The Morgan fingerprint density at radius 3 is 2.57 bits per heavy atom. The maximum atomic E-state index is 12.0. The van der Waals surface area contributed by atoms with E-state index in [1.165, 1.54) is 4.90 Å². The number of carboxylic acid groups (broad SMARTS) is 1. The molecule has 2 amide bonds. The summed E-state index contributed by atoms with van der Waals surface area (Å²) in [6.07, 6.45) is 6.05. The van der Waals surface area contributed by atoms with Crippen molar-refractivity contribution in [2.75, 3.05) is 25.0 Å². The Bertz CT molecular complexity index is 519. The first-order valence-corrected chi connectivity index (χ1v) is 6.50. The summed E-state index contributed by atoms with van der Waals surface area (Å²) < 4.78 is 5.00. The third kappa shape index (κ3) is 5.87. The average molecular weight is 290 g/mol. The molecule has 6 heteroatoms. The second kappa shape index (κ2) is 8.48. The van der Waals surface area contributed by atoms with E-state index in [1.54, 1.807) is 24.3 Å². The van der Waals surface area contributed by atoms with Crippen molar-refractivity contribution in [3.63, 3.8) is 0 Å². The molecule has 0 radical (unpaired) electrons. The Morgan fingerprint density at radius 1 is 1.38 bits per heavy atom. The summed E-state index contributed by atoms with van der Waals surface area (Å²) in [6, 6.07) is 6.17. The van der Waals surface area contributed by atoms with Gasteiger partial charge in [-0.25, -0.2) is 9.59 Å². The van der Waals surface area contributed by atoms with Gasteiger partial charge in [0.2, 0.25) is 0 Å². The highest BCUT2D eigenvalue weighted by atomic mass is 16.5. The molecule has 1 rings (SSSR count). The zero-order chi connectivity index (χ0) is 15.7. The van der Waals surface area contributed by atoms with Crippen LogP contribution in [0.25, 0.3) is 0 Å². The van der Waals surface area contributed by atoms with Crippen LogP contribution in [0.2, 0.25) is 0 Å². The Hall–Kier alpha value is -2.68. The Labute approximate surface area is 123 Å². The maximum absolute atomic E-state index is 12.0. The first-order chi connectivity index (χ1) is 10.1. The number of amides is 2. The average Bonchev–Trinajstić information content (AvgIpc) is 2.46. The lowest BCUT2D eigenvalue weighted by Crippen LogP contribution is -2.35. The first-order valence-electron chi connectivity index (χ1n) is 6.50. The number of ether oxygens (including phenoxy) is 1. The number of rotatable bonds is 7. The molecule has 0 fully saturated rings. The zero-order valence-corrected chi connectivity index (χ0v) is 11.8. The molecule has 0 heterocycles. The highest BCUT2D eigenvalue weighted by Gasteiger charge is 2.11. The van der Waals surface area contributed by atoms with Crippen LogP contribution in [-0.4, -0.2) is 41.7 Å². The van der Waals surface area contributed by atoms with Crippen molar-refractivity contribution in [3.8, 4) is 18.1 Å². The Kier molecular flexibility index (Phi) is 6.61. The Morgan fingerprint density at radius 2 is 2.05 bits per heavy atom. The lowest BCUT2D eigenvalue weighted by atomic mass is 10.3. The number of urea groups is 1. The van der Waals surface area contributed by atoms with Gasteiger partial charge in [-0.3, -0.25) is 0 Å². The molecule has 0 saturated carbocycles. The number of carbonyl (C=O) groups excluding carboxylic acids is 1. The van der Waals surface area contributed by atoms with Crippen molar-refractivity contribution < 1.29 is 19.4 Å². The summed E-state index contributed by atoms with van der Waals surface area (Å²) >= 11 is 0. The van der Waals surface area contributed by atoms with Crippen molar-refractivity contribution in [2.24, 2.45) is 0 Å². The van der Waals surface area contributed by atoms with Gasteiger partial charge in [0.15, 0.2) is 6.61 Å². The van der Waals surface area contributed by atoms with E-state index in [-0.39, 0.29) is 12.6 Å². The normalized spacial score (nSPS) is 9.52. The third-order valence-corrected chi connectivity index (χ3v) is 2.53. The predicted octanol–water partition coefficient (Wildman–Crippen LogP) is 2.03. The van der Waals surface area contributed by atoms with E-state index in [0.29, 0.717) is 18.0 Å². The number of carbonyl (C=O) groups is 2. The molecule has 1 aromatic carbocycles. The van der Waals surface area contributed by atoms with Gasteiger partial charge in [0.25, 0.3) is 0 Å². The minimum Gasteiger partial charge on any atom is -0.482 e. The van der Waals surface area contributed by atoms with E-state index in [9.17, 15) is 9.59 Å². The molecule has 112 valence electrons. The SMILES string of the molecule is C#CCN(CCC)C(=O)Nc1ccc(OCC(=O)O)cc1. The van der Waals surface area contributed by atoms with Gasteiger partial charge in [0.1, 0.15) is 5.75 Å². The highest BCUT2D eigenvalue weighted by molar-refractivity contribution is 5.89. The predicted molar refractivity (Wildman–Crippen MR) is 79.3 cm³/mol. The molecule has 0 aliphatic carbocycles. The second-order valence-corrected chi connectivity index (χ2v) is 4.26. The molecule has 1 aromatic rings. The lowest BCUT2D eigenvalue weighted by Gasteiger charge is -2.20. The molecule has 2 N–H and O–H groups in total. The van der Waals surface area contributed by atoms with Crippen molar-refractivity contribution in [2.45, 2.75) is 13.3 Å². The Balaban J connectivity index is 2.59.